The van der Waals surface area contributed by atoms with E-state index in [2.05, 4.69) is 17.3 Å². The predicted octanol–water partition coefficient (Wildman–Crippen LogP) is 1.30. The van der Waals surface area contributed by atoms with Gasteiger partial charge in [0.25, 0.3) is 0 Å². The van der Waals surface area contributed by atoms with Gasteiger partial charge < -0.3 is 15.0 Å². The Morgan fingerprint density at radius 3 is 2.40 bits per heavy atom. The Bertz CT molecular complexity index is 175. The SMILES string of the molecule is CN1CCNC2(CCOCC2)CC1.Cl.Cl. The molecule has 2 heterocycles. The van der Waals surface area contributed by atoms with E-state index in [4.69, 9.17) is 4.74 Å². The topological polar surface area (TPSA) is 24.5 Å². The van der Waals surface area contributed by atoms with Gasteiger partial charge in [0.05, 0.1) is 0 Å². The molecule has 0 atom stereocenters. The van der Waals surface area contributed by atoms with Gasteiger partial charge in [0.2, 0.25) is 0 Å². The largest absolute Gasteiger partial charge is 0.381 e. The fraction of sp³-hybridized carbons (Fsp3) is 1.00. The van der Waals surface area contributed by atoms with Crippen LogP contribution in [0.5, 0.6) is 0 Å². The molecule has 15 heavy (non-hydrogen) atoms. The maximum atomic E-state index is 5.41. The van der Waals surface area contributed by atoms with Gasteiger partial charge in [-0.05, 0) is 32.9 Å². The van der Waals surface area contributed by atoms with Gasteiger partial charge in [-0.2, -0.15) is 0 Å². The number of hydrogen-bond acceptors (Lipinski definition) is 3. The zero-order valence-electron chi connectivity index (χ0n) is 9.33. The molecule has 0 aromatic rings. The highest BCUT2D eigenvalue weighted by Gasteiger charge is 2.33. The molecule has 2 saturated heterocycles. The van der Waals surface area contributed by atoms with E-state index in [0.29, 0.717) is 5.54 Å². The molecule has 3 nitrogen and oxygen atoms in total. The van der Waals surface area contributed by atoms with Crippen LogP contribution in [0.3, 0.4) is 0 Å². The fourth-order valence-electron chi connectivity index (χ4n) is 2.31. The van der Waals surface area contributed by atoms with Gasteiger partial charge in [-0.1, -0.05) is 0 Å². The van der Waals surface area contributed by atoms with Gasteiger partial charge in [0.1, 0.15) is 0 Å². The molecular formula is C10H22Cl2N2O. The van der Waals surface area contributed by atoms with Crippen LogP contribution >= 0.6 is 24.8 Å². The third-order valence-electron chi connectivity index (χ3n) is 3.42. The molecule has 0 radical (unpaired) electrons. The zero-order valence-corrected chi connectivity index (χ0v) is 11.0. The summed E-state index contributed by atoms with van der Waals surface area (Å²) in [6.07, 6.45) is 3.68. The molecule has 92 valence electrons. The van der Waals surface area contributed by atoms with E-state index in [9.17, 15) is 0 Å². The monoisotopic (exact) mass is 256 g/mol. The first-order valence-electron chi connectivity index (χ1n) is 5.32. The van der Waals surface area contributed by atoms with Gasteiger partial charge in [0, 0.05) is 31.8 Å². The summed E-state index contributed by atoms with van der Waals surface area (Å²) in [5.74, 6) is 0. The van der Waals surface area contributed by atoms with Crippen molar-refractivity contribution in [3.63, 3.8) is 0 Å². The Hall–Kier alpha value is 0.460. The highest BCUT2D eigenvalue weighted by molar-refractivity contribution is 5.85. The van der Waals surface area contributed by atoms with Crippen molar-refractivity contribution in [2.24, 2.45) is 0 Å². The van der Waals surface area contributed by atoms with E-state index in [-0.39, 0.29) is 24.8 Å². The van der Waals surface area contributed by atoms with Crippen molar-refractivity contribution in [2.45, 2.75) is 24.8 Å². The second kappa shape index (κ2) is 6.92. The lowest BCUT2D eigenvalue weighted by atomic mass is 9.87. The van der Waals surface area contributed by atoms with Crippen molar-refractivity contribution in [3.8, 4) is 0 Å². The lowest BCUT2D eigenvalue weighted by Crippen LogP contribution is -2.49. The average Bonchev–Trinajstić information content (AvgIpc) is 2.32. The molecule has 0 aromatic carbocycles. The number of halogens is 2. The van der Waals surface area contributed by atoms with Crippen LogP contribution in [0.1, 0.15) is 19.3 Å². The highest BCUT2D eigenvalue weighted by Crippen LogP contribution is 2.25. The lowest BCUT2D eigenvalue weighted by Gasteiger charge is -2.37. The molecule has 2 aliphatic rings. The zero-order chi connectivity index (χ0) is 9.15. The lowest BCUT2D eigenvalue weighted by molar-refractivity contribution is 0.0371. The minimum atomic E-state index is 0. The number of nitrogens with zero attached hydrogens (tertiary/aromatic N) is 1. The molecule has 0 unspecified atom stereocenters. The predicted molar refractivity (Wildman–Crippen MR) is 67.4 cm³/mol. The van der Waals surface area contributed by atoms with Crippen LogP contribution in [0.15, 0.2) is 0 Å². The molecule has 0 aromatic heterocycles. The Morgan fingerprint density at radius 1 is 1.07 bits per heavy atom. The summed E-state index contributed by atoms with van der Waals surface area (Å²) in [4.78, 5) is 2.41. The second-order valence-electron chi connectivity index (χ2n) is 4.37. The standard InChI is InChI=1S/C10H20N2O.2ClH/c1-12-6-2-10(11-5-7-12)3-8-13-9-4-10;;/h11H,2-9H2,1H3;2*1H. The summed E-state index contributed by atoms with van der Waals surface area (Å²) in [6, 6.07) is 0. The molecule has 0 saturated carbocycles. The molecular weight excluding hydrogens is 235 g/mol. The summed E-state index contributed by atoms with van der Waals surface area (Å²) in [5.41, 5.74) is 0.406. The van der Waals surface area contributed by atoms with E-state index < -0.39 is 0 Å². The first-order chi connectivity index (χ1) is 6.31. The van der Waals surface area contributed by atoms with Gasteiger partial charge in [-0.3, -0.25) is 0 Å². The molecule has 0 bridgehead atoms. The van der Waals surface area contributed by atoms with Gasteiger partial charge in [-0.25, -0.2) is 0 Å². The van der Waals surface area contributed by atoms with Crippen molar-refractivity contribution in [1.29, 1.82) is 0 Å². The summed E-state index contributed by atoms with van der Waals surface area (Å²) in [5, 5.41) is 3.71. The number of likely N-dealkylation sites (N-methyl/N-ethyl adjacent to an activating group) is 1. The van der Waals surface area contributed by atoms with Crippen LogP contribution in [0.25, 0.3) is 0 Å². The molecule has 2 aliphatic heterocycles. The second-order valence-corrected chi connectivity index (χ2v) is 4.37. The van der Waals surface area contributed by atoms with Crippen LogP contribution in [-0.2, 0) is 4.74 Å². The quantitative estimate of drug-likeness (QED) is 0.708. The molecule has 5 heteroatoms. The minimum Gasteiger partial charge on any atom is -0.381 e. The van der Waals surface area contributed by atoms with Crippen molar-refractivity contribution < 1.29 is 4.74 Å². The molecule has 1 spiro atoms. The van der Waals surface area contributed by atoms with E-state index >= 15 is 0 Å². The van der Waals surface area contributed by atoms with E-state index in [1.165, 1.54) is 32.4 Å². The normalized spacial score (nSPS) is 26.2. The smallest absolute Gasteiger partial charge is 0.0483 e. The van der Waals surface area contributed by atoms with Crippen LogP contribution in [0.2, 0.25) is 0 Å². The van der Waals surface area contributed by atoms with Crippen molar-refractivity contribution in [3.05, 3.63) is 0 Å². The summed E-state index contributed by atoms with van der Waals surface area (Å²) in [7, 11) is 2.21. The molecule has 1 N–H and O–H groups in total. The Labute approximate surface area is 105 Å². The van der Waals surface area contributed by atoms with Crippen molar-refractivity contribution in [1.82, 2.24) is 10.2 Å². The summed E-state index contributed by atoms with van der Waals surface area (Å²) in [6.45, 7) is 5.43. The fourth-order valence-corrected chi connectivity index (χ4v) is 2.31. The minimum absolute atomic E-state index is 0. The van der Waals surface area contributed by atoms with E-state index in [1.807, 2.05) is 0 Å². The van der Waals surface area contributed by atoms with Crippen LogP contribution in [-0.4, -0.2) is 50.3 Å². The third-order valence-corrected chi connectivity index (χ3v) is 3.42. The molecule has 2 rings (SSSR count). The van der Waals surface area contributed by atoms with Gasteiger partial charge in [0.15, 0.2) is 0 Å². The summed E-state index contributed by atoms with van der Waals surface area (Å²) < 4.78 is 5.41. The Balaban J connectivity index is 0.000000980. The van der Waals surface area contributed by atoms with E-state index in [1.54, 1.807) is 0 Å². The number of ether oxygens (including phenoxy) is 1. The first-order valence-corrected chi connectivity index (χ1v) is 5.32. The number of rotatable bonds is 0. The highest BCUT2D eigenvalue weighted by atomic mass is 35.5. The van der Waals surface area contributed by atoms with E-state index in [0.717, 1.165) is 19.8 Å². The maximum absolute atomic E-state index is 5.41. The third kappa shape index (κ3) is 4.08. The van der Waals surface area contributed by atoms with Gasteiger partial charge >= 0.3 is 0 Å². The molecule has 0 aliphatic carbocycles. The number of nitrogens with one attached hydrogen (secondary N) is 1. The molecule has 2 fully saturated rings. The Morgan fingerprint density at radius 2 is 1.73 bits per heavy atom. The average molecular weight is 257 g/mol. The van der Waals surface area contributed by atoms with Crippen LogP contribution in [0.4, 0.5) is 0 Å². The van der Waals surface area contributed by atoms with Crippen LogP contribution < -0.4 is 5.32 Å². The maximum Gasteiger partial charge on any atom is 0.0483 e. The summed E-state index contributed by atoms with van der Waals surface area (Å²) >= 11 is 0. The first kappa shape index (κ1) is 15.5. The number of hydrogen-bond donors (Lipinski definition) is 1. The van der Waals surface area contributed by atoms with Gasteiger partial charge in [-0.15, -0.1) is 24.8 Å². The van der Waals surface area contributed by atoms with Crippen molar-refractivity contribution >= 4 is 24.8 Å². The van der Waals surface area contributed by atoms with Crippen molar-refractivity contribution in [2.75, 3.05) is 39.9 Å². The molecule has 0 amide bonds. The Kier molecular flexibility index (Phi) is 7.13. The van der Waals surface area contributed by atoms with Crippen LogP contribution in [0, 0.1) is 0 Å².